The molecule has 6 nitrogen and oxygen atoms in total. The number of aliphatic hydroxyl groups is 1. The monoisotopic (exact) mass is 296 g/mol. The molecule has 0 atom stereocenters. The zero-order chi connectivity index (χ0) is 14.4. The minimum atomic E-state index is 0.0407. The van der Waals surface area contributed by atoms with E-state index in [-0.39, 0.29) is 6.61 Å². The lowest BCUT2D eigenvalue weighted by molar-refractivity contribution is 0.268. The van der Waals surface area contributed by atoms with Crippen molar-refractivity contribution in [1.29, 1.82) is 0 Å². The van der Waals surface area contributed by atoms with Crippen LogP contribution in [0, 0.1) is 0 Å². The lowest BCUT2D eigenvalue weighted by Gasteiger charge is -2.11. The molecule has 0 radical (unpaired) electrons. The van der Waals surface area contributed by atoms with Gasteiger partial charge in [-0.15, -0.1) is 5.10 Å². The third-order valence-electron chi connectivity index (χ3n) is 2.62. The molecule has 2 aromatic rings. The van der Waals surface area contributed by atoms with Gasteiger partial charge in [-0.2, -0.15) is 0 Å². The van der Waals surface area contributed by atoms with Crippen molar-refractivity contribution in [2.75, 3.05) is 18.5 Å². The highest BCUT2D eigenvalue weighted by molar-refractivity contribution is 6.30. The molecular weight excluding hydrogens is 280 g/mol. The lowest BCUT2D eigenvalue weighted by Crippen LogP contribution is -2.03. The van der Waals surface area contributed by atoms with Crippen molar-refractivity contribution in [2.24, 2.45) is 0 Å². The maximum atomic E-state index is 8.83. The van der Waals surface area contributed by atoms with Gasteiger partial charge in [0.1, 0.15) is 11.4 Å². The first kappa shape index (κ1) is 14.6. The van der Waals surface area contributed by atoms with E-state index >= 15 is 0 Å². The number of hydrogen-bond donors (Lipinski definition) is 2. The van der Waals surface area contributed by atoms with Crippen LogP contribution in [-0.4, -0.2) is 33.3 Å². The van der Waals surface area contributed by atoms with E-state index in [1.54, 1.807) is 16.9 Å². The summed E-state index contributed by atoms with van der Waals surface area (Å²) in [7, 11) is 0. The number of aromatic nitrogens is 3. The Bertz CT molecular complexity index is 559. The molecule has 2 N–H and O–H groups in total. The first-order valence-corrected chi connectivity index (χ1v) is 6.76. The smallest absolute Gasteiger partial charge is 0.142 e. The van der Waals surface area contributed by atoms with Crippen molar-refractivity contribution in [3.63, 3.8) is 0 Å². The molecule has 0 aliphatic heterocycles. The first-order chi connectivity index (χ1) is 9.72. The second kappa shape index (κ2) is 7.12. The summed E-state index contributed by atoms with van der Waals surface area (Å²) in [5.41, 5.74) is 1.59. The largest absolute Gasteiger partial charge is 0.492 e. The summed E-state index contributed by atoms with van der Waals surface area (Å²) in [6.07, 6.45) is 1.79. The fraction of sp³-hybridized carbons (Fsp3) is 0.385. The van der Waals surface area contributed by atoms with Gasteiger partial charge in [-0.05, 0) is 25.1 Å². The summed E-state index contributed by atoms with van der Waals surface area (Å²) in [6.45, 7) is 3.50. The van der Waals surface area contributed by atoms with Crippen LogP contribution >= 0.6 is 11.6 Å². The van der Waals surface area contributed by atoms with Crippen LogP contribution in [0.3, 0.4) is 0 Å². The Morgan fingerprint density at radius 3 is 3.05 bits per heavy atom. The van der Waals surface area contributed by atoms with Gasteiger partial charge in [-0.25, -0.2) is 4.68 Å². The van der Waals surface area contributed by atoms with E-state index in [0.29, 0.717) is 24.7 Å². The van der Waals surface area contributed by atoms with Gasteiger partial charge in [0.25, 0.3) is 0 Å². The highest BCUT2D eigenvalue weighted by Gasteiger charge is 2.06. The highest BCUT2D eigenvalue weighted by Crippen LogP contribution is 2.28. The average Bonchev–Trinajstić information content (AvgIpc) is 2.87. The Kier molecular flexibility index (Phi) is 5.20. The minimum absolute atomic E-state index is 0.0407. The Morgan fingerprint density at radius 2 is 2.30 bits per heavy atom. The van der Waals surface area contributed by atoms with Gasteiger partial charge in [-0.1, -0.05) is 16.8 Å². The standard InChI is InChI=1S/C13H17ClN4O2/c1-2-20-13-4-3-10(14)7-12(13)15-8-11-9-18(5-6-19)17-16-11/h3-4,7,9,15,19H,2,5-6,8H2,1H3. The lowest BCUT2D eigenvalue weighted by atomic mass is 10.3. The topological polar surface area (TPSA) is 72.2 Å². The molecule has 0 saturated carbocycles. The van der Waals surface area contributed by atoms with Gasteiger partial charge in [-0.3, -0.25) is 0 Å². The van der Waals surface area contributed by atoms with Crippen LogP contribution in [0.2, 0.25) is 5.02 Å². The molecule has 0 unspecified atom stereocenters. The minimum Gasteiger partial charge on any atom is -0.492 e. The van der Waals surface area contributed by atoms with E-state index in [0.717, 1.165) is 17.1 Å². The molecule has 0 aliphatic rings. The Labute approximate surface area is 122 Å². The normalized spacial score (nSPS) is 10.6. The zero-order valence-electron chi connectivity index (χ0n) is 11.2. The molecule has 0 spiro atoms. The van der Waals surface area contributed by atoms with E-state index in [9.17, 15) is 0 Å². The van der Waals surface area contributed by atoms with Crippen molar-refractivity contribution < 1.29 is 9.84 Å². The maximum Gasteiger partial charge on any atom is 0.142 e. The second-order valence-corrected chi connectivity index (χ2v) is 4.56. The van der Waals surface area contributed by atoms with Gasteiger partial charge < -0.3 is 15.2 Å². The van der Waals surface area contributed by atoms with Crippen molar-refractivity contribution in [2.45, 2.75) is 20.0 Å². The SMILES string of the molecule is CCOc1ccc(Cl)cc1NCc1cn(CCO)nn1. The van der Waals surface area contributed by atoms with Crippen molar-refractivity contribution >= 4 is 17.3 Å². The summed E-state index contributed by atoms with van der Waals surface area (Å²) < 4.78 is 7.12. The number of nitrogens with one attached hydrogen (secondary N) is 1. The Balaban J connectivity index is 2.03. The number of ether oxygens (including phenoxy) is 1. The van der Waals surface area contributed by atoms with Gasteiger partial charge in [0.2, 0.25) is 0 Å². The second-order valence-electron chi connectivity index (χ2n) is 4.12. The molecule has 2 rings (SSSR count). The molecule has 0 saturated heterocycles. The zero-order valence-corrected chi connectivity index (χ0v) is 12.0. The summed E-state index contributed by atoms with van der Waals surface area (Å²) in [6, 6.07) is 5.43. The summed E-state index contributed by atoms with van der Waals surface area (Å²) in [4.78, 5) is 0. The molecule has 1 aromatic carbocycles. The van der Waals surface area contributed by atoms with Crippen LogP contribution in [0.15, 0.2) is 24.4 Å². The van der Waals surface area contributed by atoms with Crippen LogP contribution in [0.1, 0.15) is 12.6 Å². The average molecular weight is 297 g/mol. The number of halogens is 1. The van der Waals surface area contributed by atoms with Gasteiger partial charge in [0.05, 0.1) is 38.2 Å². The Morgan fingerprint density at radius 1 is 1.45 bits per heavy atom. The molecule has 20 heavy (non-hydrogen) atoms. The van der Waals surface area contributed by atoms with E-state index < -0.39 is 0 Å². The van der Waals surface area contributed by atoms with E-state index in [2.05, 4.69) is 15.6 Å². The molecule has 108 valence electrons. The molecule has 0 bridgehead atoms. The number of rotatable bonds is 7. The maximum absolute atomic E-state index is 8.83. The van der Waals surface area contributed by atoms with Crippen LogP contribution < -0.4 is 10.1 Å². The van der Waals surface area contributed by atoms with Crippen molar-refractivity contribution in [3.05, 3.63) is 35.1 Å². The first-order valence-electron chi connectivity index (χ1n) is 6.39. The van der Waals surface area contributed by atoms with Crippen molar-refractivity contribution in [1.82, 2.24) is 15.0 Å². The molecule has 0 amide bonds. The number of hydrogen-bond acceptors (Lipinski definition) is 5. The molecule has 7 heteroatoms. The van der Waals surface area contributed by atoms with Gasteiger partial charge >= 0.3 is 0 Å². The molecule has 1 aromatic heterocycles. The number of aliphatic hydroxyl groups excluding tert-OH is 1. The summed E-state index contributed by atoms with van der Waals surface area (Å²) in [5, 5.41) is 20.6. The Hall–Kier alpha value is -1.79. The quantitative estimate of drug-likeness (QED) is 0.817. The predicted molar refractivity (Wildman–Crippen MR) is 77.1 cm³/mol. The predicted octanol–water partition coefficient (Wildman–Crippen LogP) is 1.93. The van der Waals surface area contributed by atoms with Crippen LogP contribution in [0.5, 0.6) is 5.75 Å². The molecular formula is C13H17ClN4O2. The van der Waals surface area contributed by atoms with Crippen molar-refractivity contribution in [3.8, 4) is 5.75 Å². The van der Waals surface area contributed by atoms with Gasteiger partial charge in [0.15, 0.2) is 0 Å². The van der Waals surface area contributed by atoms with E-state index in [1.807, 2.05) is 19.1 Å². The third-order valence-corrected chi connectivity index (χ3v) is 2.85. The van der Waals surface area contributed by atoms with E-state index in [4.69, 9.17) is 21.4 Å². The number of nitrogens with zero attached hydrogens (tertiary/aromatic N) is 3. The molecule has 0 aliphatic carbocycles. The third kappa shape index (κ3) is 3.85. The van der Waals surface area contributed by atoms with E-state index in [1.165, 1.54) is 0 Å². The molecule has 0 fully saturated rings. The number of benzene rings is 1. The fourth-order valence-corrected chi connectivity index (χ4v) is 1.91. The summed E-state index contributed by atoms with van der Waals surface area (Å²) in [5.74, 6) is 0.750. The molecule has 1 heterocycles. The summed E-state index contributed by atoms with van der Waals surface area (Å²) >= 11 is 5.99. The van der Waals surface area contributed by atoms with Crippen LogP contribution in [0.25, 0.3) is 0 Å². The van der Waals surface area contributed by atoms with Crippen LogP contribution in [0.4, 0.5) is 5.69 Å². The highest BCUT2D eigenvalue weighted by atomic mass is 35.5. The fourth-order valence-electron chi connectivity index (χ4n) is 1.74. The van der Waals surface area contributed by atoms with Gasteiger partial charge in [0, 0.05) is 5.02 Å². The van der Waals surface area contributed by atoms with Crippen LogP contribution in [-0.2, 0) is 13.1 Å². The number of anilines is 1.